The average Bonchev–Trinajstić information content (AvgIpc) is 3.58. The smallest absolute Gasteiger partial charge is 0.511 e. The Bertz CT molecular complexity index is 1650. The van der Waals surface area contributed by atoms with Gasteiger partial charge >= 0.3 is 26.1 Å². The van der Waals surface area contributed by atoms with E-state index in [-0.39, 0.29) is 25.8 Å². The Balaban J connectivity index is 0.000000291. The zero-order valence-electron chi connectivity index (χ0n) is 22.1. The van der Waals surface area contributed by atoms with E-state index in [0.29, 0.717) is 0 Å². The fourth-order valence-electron chi connectivity index (χ4n) is 5.27. The first kappa shape index (κ1) is 28.0. The van der Waals surface area contributed by atoms with Gasteiger partial charge in [0.2, 0.25) is 0 Å². The molecule has 0 saturated carbocycles. The first-order valence-corrected chi connectivity index (χ1v) is 12.8. The van der Waals surface area contributed by atoms with Gasteiger partial charge in [0.25, 0.3) is 0 Å². The molecule has 1 atom stereocenters. The molecule has 0 amide bonds. The Morgan fingerprint density at radius 2 is 1.63 bits per heavy atom. The molecule has 5 aromatic rings. The zero-order chi connectivity index (χ0) is 27.5. The first-order valence-electron chi connectivity index (χ1n) is 12.8. The van der Waals surface area contributed by atoms with E-state index in [0.717, 1.165) is 22.5 Å². The van der Waals surface area contributed by atoms with Gasteiger partial charge in [0.15, 0.2) is 0 Å². The maximum absolute atomic E-state index is 10.1. The number of benzene rings is 3. The maximum atomic E-state index is 10.1. The molecular formula is C34H25IrN4O2. The van der Waals surface area contributed by atoms with E-state index in [1.807, 2.05) is 31.3 Å². The van der Waals surface area contributed by atoms with Gasteiger partial charge in [0, 0.05) is 6.20 Å². The number of hydrogen-bond donors (Lipinski definition) is 1. The van der Waals surface area contributed by atoms with Crippen molar-refractivity contribution < 1.29 is 30.0 Å². The SMILES string of the molecule is CN1C=CN([C@@]2(c3cccc(-c4[c-]cccc4)n3)c3[c-]cccc3-c3ccccc32)[CH-]1.O=C(O)c1ccccn1.[Ir+3]. The third-order valence-electron chi connectivity index (χ3n) is 6.97. The molecule has 0 fully saturated rings. The van der Waals surface area contributed by atoms with Crippen molar-refractivity contribution in [3.8, 4) is 22.4 Å². The van der Waals surface area contributed by atoms with Gasteiger partial charge in [-0.15, -0.1) is 47.0 Å². The summed E-state index contributed by atoms with van der Waals surface area (Å²) in [5.74, 6) is -0.990. The Kier molecular flexibility index (Phi) is 8.11. The number of fused-ring (bicyclic) bond motifs is 3. The molecule has 202 valence electrons. The molecule has 0 spiro atoms. The molecule has 2 aliphatic rings. The first-order chi connectivity index (χ1) is 19.6. The second-order valence-corrected chi connectivity index (χ2v) is 9.41. The van der Waals surface area contributed by atoms with Gasteiger partial charge in [-0.05, 0) is 48.9 Å². The standard InChI is InChI=1S/C28H20N3.C6H5NO2.Ir/c1-30-18-19-31(20-30)28(27-17-9-16-26(29-27)21-10-3-2-4-11-21)24-14-7-5-12-22(24)23-13-6-8-15-25(23)28;8-6(9)5-3-1-2-4-7-5;/h2-10,12-14,16-20H,1H3;1-4H,(H,8,9);/q-3;;+3/t28-;;/m1../s1. The van der Waals surface area contributed by atoms with Crippen LogP contribution in [0.3, 0.4) is 0 Å². The molecule has 0 saturated heterocycles. The van der Waals surface area contributed by atoms with E-state index in [1.54, 1.807) is 12.1 Å². The normalized spacial score (nSPS) is 16.2. The van der Waals surface area contributed by atoms with Crippen LogP contribution in [-0.2, 0) is 25.6 Å². The van der Waals surface area contributed by atoms with E-state index in [4.69, 9.17) is 10.1 Å². The summed E-state index contributed by atoms with van der Waals surface area (Å²) in [6.07, 6.45) is 5.64. The fraction of sp³-hybridized carbons (Fsp3) is 0.0588. The van der Waals surface area contributed by atoms with Crippen LogP contribution in [0, 0.1) is 18.8 Å². The van der Waals surface area contributed by atoms with Crippen molar-refractivity contribution in [3.05, 3.63) is 163 Å². The van der Waals surface area contributed by atoms with Crippen molar-refractivity contribution in [2.24, 2.45) is 0 Å². The number of hydrogen-bond acceptors (Lipinski definition) is 5. The van der Waals surface area contributed by atoms with Crippen LogP contribution in [0.1, 0.15) is 27.3 Å². The number of nitrogens with zero attached hydrogens (tertiary/aromatic N) is 4. The van der Waals surface area contributed by atoms with Crippen LogP contribution in [0.15, 0.2) is 122 Å². The molecule has 1 N–H and O–H groups in total. The molecule has 0 bridgehead atoms. The summed E-state index contributed by atoms with van der Waals surface area (Å²) < 4.78 is 0. The molecular weight excluding hydrogens is 689 g/mol. The van der Waals surface area contributed by atoms with Gasteiger partial charge in [0.05, 0.1) is 11.2 Å². The summed E-state index contributed by atoms with van der Waals surface area (Å²) in [7, 11) is 2.05. The Hall–Kier alpha value is -4.58. The molecule has 41 heavy (non-hydrogen) atoms. The monoisotopic (exact) mass is 714 g/mol. The van der Waals surface area contributed by atoms with Crippen LogP contribution in [0.2, 0.25) is 0 Å². The Morgan fingerprint density at radius 3 is 2.34 bits per heavy atom. The third kappa shape index (κ3) is 5.06. The van der Waals surface area contributed by atoms with Crippen molar-refractivity contribution in [1.82, 2.24) is 19.8 Å². The Labute approximate surface area is 253 Å². The maximum Gasteiger partial charge on any atom is 3.00 e. The van der Waals surface area contributed by atoms with Gasteiger partial charge in [-0.25, -0.2) is 9.78 Å². The van der Waals surface area contributed by atoms with Gasteiger partial charge in [-0.2, -0.15) is 30.9 Å². The second kappa shape index (κ2) is 11.9. The minimum atomic E-state index is -0.990. The van der Waals surface area contributed by atoms with Crippen molar-refractivity contribution in [2.45, 2.75) is 5.54 Å². The van der Waals surface area contributed by atoms with E-state index >= 15 is 0 Å². The molecule has 0 radical (unpaired) electrons. The summed E-state index contributed by atoms with van der Waals surface area (Å²) in [4.78, 5) is 23.2. The number of carboxylic acids is 1. The van der Waals surface area contributed by atoms with Crippen LogP contribution in [0.25, 0.3) is 22.4 Å². The van der Waals surface area contributed by atoms with Gasteiger partial charge in [-0.1, -0.05) is 48.0 Å². The van der Waals surface area contributed by atoms with Crippen LogP contribution >= 0.6 is 0 Å². The number of carboxylic acid groups (broad SMARTS) is 1. The van der Waals surface area contributed by atoms with Crippen molar-refractivity contribution in [2.75, 3.05) is 7.05 Å². The minimum Gasteiger partial charge on any atom is -0.511 e. The van der Waals surface area contributed by atoms with E-state index in [9.17, 15) is 4.79 Å². The molecule has 0 unspecified atom stereocenters. The van der Waals surface area contributed by atoms with E-state index in [1.165, 1.54) is 29.0 Å². The summed E-state index contributed by atoms with van der Waals surface area (Å²) in [5.41, 5.74) is 7.11. The molecule has 1 aliphatic carbocycles. The molecule has 3 aromatic carbocycles. The predicted octanol–water partition coefficient (Wildman–Crippen LogP) is 6.24. The molecule has 7 heteroatoms. The summed E-state index contributed by atoms with van der Waals surface area (Å²) >= 11 is 0. The van der Waals surface area contributed by atoms with Crippen LogP contribution in [0.5, 0.6) is 0 Å². The average molecular weight is 714 g/mol. The minimum absolute atomic E-state index is 0. The number of pyridine rings is 2. The van der Waals surface area contributed by atoms with Crippen LogP contribution in [0.4, 0.5) is 0 Å². The molecule has 1 aliphatic heterocycles. The molecule has 2 aromatic heterocycles. The van der Waals surface area contributed by atoms with Crippen molar-refractivity contribution in [1.29, 1.82) is 0 Å². The van der Waals surface area contributed by atoms with Crippen molar-refractivity contribution in [3.63, 3.8) is 0 Å². The number of carbonyl (C=O) groups is 1. The second-order valence-electron chi connectivity index (χ2n) is 9.41. The largest absolute Gasteiger partial charge is 3.00 e. The van der Waals surface area contributed by atoms with Gasteiger partial charge < -0.3 is 14.9 Å². The van der Waals surface area contributed by atoms with E-state index in [2.05, 4.69) is 107 Å². The number of aromatic carboxylic acids is 1. The quantitative estimate of drug-likeness (QED) is 0.223. The summed E-state index contributed by atoms with van der Waals surface area (Å²) in [6.45, 7) is 2.12. The van der Waals surface area contributed by atoms with Crippen LogP contribution in [-0.4, -0.2) is 37.9 Å². The third-order valence-corrected chi connectivity index (χ3v) is 6.97. The van der Waals surface area contributed by atoms with Crippen molar-refractivity contribution >= 4 is 5.97 Å². The fourth-order valence-corrected chi connectivity index (χ4v) is 5.27. The van der Waals surface area contributed by atoms with Gasteiger partial charge in [0.1, 0.15) is 5.69 Å². The number of rotatable bonds is 4. The predicted molar refractivity (Wildman–Crippen MR) is 153 cm³/mol. The zero-order valence-corrected chi connectivity index (χ0v) is 24.5. The Morgan fingerprint density at radius 1 is 0.854 bits per heavy atom. The summed E-state index contributed by atoms with van der Waals surface area (Å²) in [5, 5.41) is 8.32. The summed E-state index contributed by atoms with van der Waals surface area (Å²) in [6, 6.07) is 40.8. The molecule has 6 nitrogen and oxygen atoms in total. The molecule has 3 heterocycles. The number of aromatic nitrogens is 2. The topological polar surface area (TPSA) is 69.6 Å². The van der Waals surface area contributed by atoms with E-state index < -0.39 is 11.5 Å². The molecule has 7 rings (SSSR count). The van der Waals surface area contributed by atoms with Crippen LogP contribution < -0.4 is 0 Å². The van der Waals surface area contributed by atoms with Gasteiger partial charge in [-0.3, -0.25) is 4.98 Å².